The van der Waals surface area contributed by atoms with Crippen molar-refractivity contribution in [3.63, 3.8) is 0 Å². The van der Waals surface area contributed by atoms with E-state index in [1.54, 1.807) is 0 Å². The summed E-state index contributed by atoms with van der Waals surface area (Å²) in [6.07, 6.45) is 3.63. The average Bonchev–Trinajstić information content (AvgIpc) is 3.19. The summed E-state index contributed by atoms with van der Waals surface area (Å²) in [5, 5.41) is 7.62. The summed E-state index contributed by atoms with van der Waals surface area (Å²) >= 11 is 6.14. The van der Waals surface area contributed by atoms with E-state index in [-0.39, 0.29) is 33.2 Å². The van der Waals surface area contributed by atoms with Crippen LogP contribution < -0.4 is 19.9 Å². The number of amides is 1. The minimum Gasteiger partial charge on any atom is -0.482 e. The predicted octanol–water partition coefficient (Wildman–Crippen LogP) is 2.23. The first-order valence-electron chi connectivity index (χ1n) is 9.42. The van der Waals surface area contributed by atoms with E-state index >= 15 is 0 Å². The lowest BCUT2D eigenvalue weighted by molar-refractivity contribution is -0.118. The molecule has 0 aliphatic heterocycles. The Morgan fingerprint density at radius 2 is 1.65 bits per heavy atom. The van der Waals surface area contributed by atoms with Crippen molar-refractivity contribution in [3.8, 4) is 5.75 Å². The van der Waals surface area contributed by atoms with E-state index in [0.29, 0.717) is 5.69 Å². The molecule has 12 heteroatoms. The Kier molecular flexibility index (Phi) is 7.22. The third-order valence-corrected chi connectivity index (χ3v) is 7.46. The third-order valence-electron chi connectivity index (χ3n) is 4.72. The number of carbonyl (C=O) groups is 1. The first-order valence-corrected chi connectivity index (χ1v) is 12.8. The number of carbonyl (C=O) groups excluding carboxylic acids is 1. The van der Waals surface area contributed by atoms with Crippen molar-refractivity contribution in [1.29, 1.82) is 0 Å². The average molecular weight is 488 g/mol. The van der Waals surface area contributed by atoms with E-state index in [0.717, 1.165) is 25.7 Å². The van der Waals surface area contributed by atoms with Crippen molar-refractivity contribution in [3.05, 3.63) is 47.5 Å². The van der Waals surface area contributed by atoms with Crippen LogP contribution in [-0.4, -0.2) is 35.4 Å². The Bertz CT molecular complexity index is 1160. The number of sulfonamides is 2. The van der Waals surface area contributed by atoms with Crippen molar-refractivity contribution in [2.75, 3.05) is 11.9 Å². The van der Waals surface area contributed by atoms with E-state index in [9.17, 15) is 21.6 Å². The van der Waals surface area contributed by atoms with Crippen molar-refractivity contribution in [2.45, 2.75) is 41.5 Å². The zero-order valence-corrected chi connectivity index (χ0v) is 18.8. The maximum absolute atomic E-state index is 12.5. The second-order valence-electron chi connectivity index (χ2n) is 7.10. The molecule has 1 aliphatic carbocycles. The van der Waals surface area contributed by atoms with Gasteiger partial charge in [-0.05, 0) is 55.3 Å². The summed E-state index contributed by atoms with van der Waals surface area (Å²) in [6, 6.07) is 9.27. The molecule has 0 unspecified atom stereocenters. The van der Waals surface area contributed by atoms with E-state index in [2.05, 4.69) is 10.0 Å². The fraction of sp³-hybridized carbons (Fsp3) is 0.316. The number of benzene rings is 2. The van der Waals surface area contributed by atoms with Gasteiger partial charge in [0.1, 0.15) is 5.75 Å². The van der Waals surface area contributed by atoms with Crippen LogP contribution in [-0.2, 0) is 24.8 Å². The van der Waals surface area contributed by atoms with Crippen LogP contribution in [0.5, 0.6) is 5.75 Å². The van der Waals surface area contributed by atoms with Crippen LogP contribution in [0.4, 0.5) is 5.69 Å². The van der Waals surface area contributed by atoms with Gasteiger partial charge < -0.3 is 10.1 Å². The molecule has 3 rings (SSSR count). The summed E-state index contributed by atoms with van der Waals surface area (Å²) in [5.74, 6) is -0.361. The molecule has 31 heavy (non-hydrogen) atoms. The van der Waals surface area contributed by atoms with Gasteiger partial charge in [0.05, 0.1) is 14.8 Å². The topological polar surface area (TPSA) is 145 Å². The summed E-state index contributed by atoms with van der Waals surface area (Å²) in [4.78, 5) is 12.0. The molecule has 0 atom stereocenters. The molecule has 0 bridgehead atoms. The Morgan fingerprint density at radius 3 is 2.23 bits per heavy atom. The highest BCUT2D eigenvalue weighted by molar-refractivity contribution is 7.89. The van der Waals surface area contributed by atoms with Crippen LogP contribution in [0, 0.1) is 0 Å². The van der Waals surface area contributed by atoms with Gasteiger partial charge in [-0.15, -0.1) is 0 Å². The Hall–Kier alpha value is -2.18. The smallest absolute Gasteiger partial charge is 0.262 e. The summed E-state index contributed by atoms with van der Waals surface area (Å²) in [5.41, 5.74) is 0.353. The first-order chi connectivity index (χ1) is 14.5. The number of anilines is 1. The number of rotatable bonds is 8. The van der Waals surface area contributed by atoms with Crippen LogP contribution in [0.25, 0.3) is 0 Å². The Balaban J connectivity index is 1.58. The molecule has 1 fully saturated rings. The molecule has 1 aliphatic rings. The van der Waals surface area contributed by atoms with Gasteiger partial charge in [0.15, 0.2) is 6.61 Å². The maximum Gasteiger partial charge on any atom is 0.262 e. The minimum atomic E-state index is -3.82. The molecule has 0 saturated heterocycles. The molecule has 1 saturated carbocycles. The van der Waals surface area contributed by atoms with Gasteiger partial charge in [-0.3, -0.25) is 4.79 Å². The van der Waals surface area contributed by atoms with Gasteiger partial charge >= 0.3 is 0 Å². The number of halogens is 1. The lowest BCUT2D eigenvalue weighted by atomic mass is 10.3. The molecule has 0 aromatic heterocycles. The number of nitrogens with two attached hydrogens (primary N) is 1. The highest BCUT2D eigenvalue weighted by Gasteiger charge is 2.23. The van der Waals surface area contributed by atoms with Gasteiger partial charge in [-0.25, -0.2) is 26.7 Å². The molecule has 1 amide bonds. The minimum absolute atomic E-state index is 0.0242. The highest BCUT2D eigenvalue weighted by Crippen LogP contribution is 2.28. The standard InChI is InChI=1S/C19H22ClN3O6S2/c20-17-11-16(31(27,28)23-14-3-1-2-4-14)9-10-18(17)29-12-19(24)22-13-5-7-15(8-6-13)30(21,25)26/h5-11,14,23H,1-4,12H2,(H,22,24)(H2,21,25,26). The zero-order valence-electron chi connectivity index (χ0n) is 16.4. The van der Waals surface area contributed by atoms with Crippen LogP contribution >= 0.6 is 11.6 Å². The largest absolute Gasteiger partial charge is 0.482 e. The number of primary sulfonamides is 1. The van der Waals surface area contributed by atoms with E-state index < -0.39 is 26.0 Å². The molecule has 0 spiro atoms. The summed E-state index contributed by atoms with van der Waals surface area (Å²) in [7, 11) is -7.51. The SMILES string of the molecule is NS(=O)(=O)c1ccc(NC(=O)COc2ccc(S(=O)(=O)NC3CCCC3)cc2Cl)cc1. The highest BCUT2D eigenvalue weighted by atomic mass is 35.5. The summed E-state index contributed by atoms with van der Waals surface area (Å²) < 4.78 is 55.5. The molecule has 0 heterocycles. The molecule has 0 radical (unpaired) electrons. The second kappa shape index (κ2) is 9.53. The van der Waals surface area contributed by atoms with Gasteiger partial charge in [-0.1, -0.05) is 24.4 Å². The first kappa shape index (κ1) is 23.5. The molecule has 4 N–H and O–H groups in total. The monoisotopic (exact) mass is 487 g/mol. The predicted molar refractivity (Wildman–Crippen MR) is 116 cm³/mol. The molecular formula is C19H22ClN3O6S2. The van der Waals surface area contributed by atoms with Gasteiger partial charge in [0.25, 0.3) is 5.91 Å². The van der Waals surface area contributed by atoms with Crippen molar-refractivity contribution < 1.29 is 26.4 Å². The van der Waals surface area contributed by atoms with Crippen molar-refractivity contribution in [2.24, 2.45) is 5.14 Å². The number of nitrogens with one attached hydrogen (secondary N) is 2. The van der Waals surface area contributed by atoms with E-state index in [1.165, 1.54) is 42.5 Å². The van der Waals surface area contributed by atoms with Crippen LogP contribution in [0.1, 0.15) is 25.7 Å². The lowest BCUT2D eigenvalue weighted by Gasteiger charge is -2.14. The molecular weight excluding hydrogens is 466 g/mol. The Labute approximate surface area is 186 Å². The fourth-order valence-corrected chi connectivity index (χ4v) is 5.31. The maximum atomic E-state index is 12.5. The van der Waals surface area contributed by atoms with Gasteiger partial charge in [-0.2, -0.15) is 0 Å². The molecule has 168 valence electrons. The Morgan fingerprint density at radius 1 is 1.03 bits per heavy atom. The van der Waals surface area contributed by atoms with Crippen molar-refractivity contribution in [1.82, 2.24) is 4.72 Å². The van der Waals surface area contributed by atoms with Crippen LogP contribution in [0.2, 0.25) is 5.02 Å². The fourth-order valence-electron chi connectivity index (χ4n) is 3.17. The molecule has 9 nitrogen and oxygen atoms in total. The van der Waals surface area contributed by atoms with Crippen molar-refractivity contribution >= 4 is 43.2 Å². The lowest BCUT2D eigenvalue weighted by Crippen LogP contribution is -2.32. The van der Waals surface area contributed by atoms with Crippen LogP contribution in [0.15, 0.2) is 52.3 Å². The quantitative estimate of drug-likeness (QED) is 0.520. The molecule has 2 aromatic carbocycles. The van der Waals surface area contributed by atoms with Gasteiger partial charge in [0, 0.05) is 11.7 Å². The van der Waals surface area contributed by atoms with Crippen LogP contribution in [0.3, 0.4) is 0 Å². The number of hydrogen-bond acceptors (Lipinski definition) is 6. The second-order valence-corrected chi connectivity index (χ2v) is 10.8. The van der Waals surface area contributed by atoms with E-state index in [4.69, 9.17) is 21.5 Å². The normalized spacial score (nSPS) is 15.0. The zero-order chi connectivity index (χ0) is 22.6. The molecule has 2 aromatic rings. The van der Waals surface area contributed by atoms with Gasteiger partial charge in [0.2, 0.25) is 20.0 Å². The number of hydrogen-bond donors (Lipinski definition) is 3. The summed E-state index contributed by atoms with van der Waals surface area (Å²) in [6.45, 7) is -0.386. The number of ether oxygens (including phenoxy) is 1. The third kappa shape index (κ3) is 6.40. The van der Waals surface area contributed by atoms with E-state index in [1.807, 2.05) is 0 Å².